The predicted molar refractivity (Wildman–Crippen MR) is 32.7 cm³/mol. The Morgan fingerprint density at radius 1 is 1.42 bits per heavy atom. The second kappa shape index (κ2) is 4.26. The van der Waals surface area contributed by atoms with E-state index in [4.69, 9.17) is 9.90 Å². The monoisotopic (exact) mass is 209 g/mol. The number of aliphatic carboxylic acids is 1. The van der Waals surface area contributed by atoms with Gasteiger partial charge in [0.1, 0.15) is 0 Å². The van der Waals surface area contributed by atoms with Crippen LogP contribution in [-0.2, 0) is 14.8 Å². The minimum Gasteiger partial charge on any atom is -0.475 e. The lowest BCUT2D eigenvalue weighted by Crippen LogP contribution is -2.21. The second-order valence-electron chi connectivity index (χ2n) is 1.63. The number of carboxylic acid groups (broad SMARTS) is 1. The van der Waals surface area contributed by atoms with E-state index in [0.29, 0.717) is 0 Å². The van der Waals surface area contributed by atoms with Gasteiger partial charge in [-0.3, -0.25) is 0 Å². The highest BCUT2D eigenvalue weighted by Gasteiger charge is 2.38. The molecular formula is C3H6F3NO4S. The first-order valence-electron chi connectivity index (χ1n) is 2.22. The lowest BCUT2D eigenvalue weighted by molar-refractivity contribution is -0.192. The molecule has 0 aromatic heterocycles. The molecule has 12 heavy (non-hydrogen) atoms. The van der Waals surface area contributed by atoms with Crippen molar-refractivity contribution in [3.63, 3.8) is 0 Å². The topological polar surface area (TPSA) is 97.5 Å². The third kappa shape index (κ3) is 22.9. The van der Waals surface area contributed by atoms with Gasteiger partial charge in [-0.05, 0) is 0 Å². The van der Waals surface area contributed by atoms with Crippen molar-refractivity contribution in [3.8, 4) is 0 Å². The van der Waals surface area contributed by atoms with E-state index >= 15 is 0 Å². The summed E-state index contributed by atoms with van der Waals surface area (Å²) in [4.78, 5) is 8.90. The number of carbonyl (C=O) groups is 1. The van der Waals surface area contributed by atoms with Crippen molar-refractivity contribution in [3.05, 3.63) is 0 Å². The van der Waals surface area contributed by atoms with Gasteiger partial charge in [0.2, 0.25) is 10.0 Å². The molecule has 0 aliphatic heterocycles. The Bertz CT molecular complexity index is 235. The molecule has 0 aliphatic rings. The van der Waals surface area contributed by atoms with Gasteiger partial charge in [0.05, 0.1) is 6.26 Å². The molecular weight excluding hydrogens is 203 g/mol. The molecule has 0 saturated carbocycles. The molecule has 0 heterocycles. The highest BCUT2D eigenvalue weighted by molar-refractivity contribution is 7.88. The van der Waals surface area contributed by atoms with Gasteiger partial charge in [-0.1, -0.05) is 0 Å². The van der Waals surface area contributed by atoms with Gasteiger partial charge in [-0.2, -0.15) is 13.2 Å². The molecule has 74 valence electrons. The average molecular weight is 209 g/mol. The maximum absolute atomic E-state index is 10.6. The molecule has 0 amide bonds. The lowest BCUT2D eigenvalue weighted by Gasteiger charge is -1.93. The minimum atomic E-state index is -5.08. The number of primary sulfonamides is 1. The van der Waals surface area contributed by atoms with Crippen LogP contribution in [0.4, 0.5) is 13.2 Å². The van der Waals surface area contributed by atoms with Crippen LogP contribution >= 0.6 is 0 Å². The molecule has 0 saturated heterocycles. The SMILES string of the molecule is CS(N)(=O)=O.O=C(O)C(F)(F)F. The summed E-state index contributed by atoms with van der Waals surface area (Å²) in [5, 5.41) is 11.5. The lowest BCUT2D eigenvalue weighted by atomic mass is 10.7. The number of alkyl halides is 3. The fourth-order valence-electron chi connectivity index (χ4n) is 0. The zero-order valence-corrected chi connectivity index (χ0v) is 6.61. The van der Waals surface area contributed by atoms with Gasteiger partial charge in [-0.15, -0.1) is 0 Å². The van der Waals surface area contributed by atoms with Gasteiger partial charge in [0.25, 0.3) is 0 Å². The van der Waals surface area contributed by atoms with Gasteiger partial charge >= 0.3 is 12.1 Å². The first-order chi connectivity index (χ1) is 4.94. The molecule has 0 atom stereocenters. The number of hydrogen-bond donors (Lipinski definition) is 2. The first-order valence-corrected chi connectivity index (χ1v) is 4.18. The largest absolute Gasteiger partial charge is 0.490 e. The molecule has 0 spiro atoms. The summed E-state index contributed by atoms with van der Waals surface area (Å²) in [5.41, 5.74) is 0. The highest BCUT2D eigenvalue weighted by atomic mass is 32.2. The zero-order valence-electron chi connectivity index (χ0n) is 5.79. The van der Waals surface area contributed by atoms with Crippen LogP contribution in [-0.4, -0.2) is 31.9 Å². The van der Waals surface area contributed by atoms with Crippen LogP contribution in [0.15, 0.2) is 0 Å². The Hall–Kier alpha value is -0.830. The molecule has 0 rings (SSSR count). The number of rotatable bonds is 0. The van der Waals surface area contributed by atoms with Crippen LogP contribution in [0.25, 0.3) is 0 Å². The smallest absolute Gasteiger partial charge is 0.475 e. The van der Waals surface area contributed by atoms with Crippen LogP contribution in [0, 0.1) is 0 Å². The maximum Gasteiger partial charge on any atom is 0.490 e. The minimum absolute atomic E-state index is 0.938. The van der Waals surface area contributed by atoms with Gasteiger partial charge in [0.15, 0.2) is 0 Å². The average Bonchev–Trinajstić information content (AvgIpc) is 1.55. The summed E-state index contributed by atoms with van der Waals surface area (Å²) in [5.74, 6) is -2.76. The van der Waals surface area contributed by atoms with Crippen LogP contribution in [0.2, 0.25) is 0 Å². The highest BCUT2D eigenvalue weighted by Crippen LogP contribution is 2.13. The molecule has 0 unspecified atom stereocenters. The summed E-state index contributed by atoms with van der Waals surface area (Å²) in [6, 6.07) is 0. The molecule has 0 bridgehead atoms. The standard InChI is InChI=1S/C2HF3O2.CH5NO2S/c3-2(4,5)1(6)7;1-5(2,3)4/h(H,6,7);1H3,(H2,2,3,4). The van der Waals surface area contributed by atoms with Crippen LogP contribution in [0.5, 0.6) is 0 Å². The van der Waals surface area contributed by atoms with E-state index in [1.165, 1.54) is 0 Å². The Kier molecular flexibility index (Phi) is 4.88. The number of nitrogens with two attached hydrogens (primary N) is 1. The van der Waals surface area contributed by atoms with E-state index in [9.17, 15) is 21.6 Å². The predicted octanol–water partition coefficient (Wildman–Crippen LogP) is -0.462. The molecule has 3 N–H and O–H groups in total. The Labute approximate surface area is 66.0 Å². The third-order valence-corrected chi connectivity index (χ3v) is 0.243. The van der Waals surface area contributed by atoms with E-state index in [1.807, 2.05) is 0 Å². The Morgan fingerprint density at radius 2 is 1.50 bits per heavy atom. The summed E-state index contributed by atoms with van der Waals surface area (Å²) < 4.78 is 50.6. The number of carboxylic acids is 1. The Balaban J connectivity index is 0. The van der Waals surface area contributed by atoms with Crippen molar-refractivity contribution in [1.29, 1.82) is 0 Å². The molecule has 0 fully saturated rings. The van der Waals surface area contributed by atoms with Crippen molar-refractivity contribution < 1.29 is 31.5 Å². The van der Waals surface area contributed by atoms with Crippen molar-refractivity contribution in [2.75, 3.05) is 6.26 Å². The first kappa shape index (κ1) is 13.7. The summed E-state index contributed by atoms with van der Waals surface area (Å²) in [6.45, 7) is 0. The quantitative estimate of drug-likeness (QED) is 0.563. The van der Waals surface area contributed by atoms with E-state index < -0.39 is 22.2 Å². The van der Waals surface area contributed by atoms with E-state index in [1.54, 1.807) is 0 Å². The van der Waals surface area contributed by atoms with Gasteiger partial charge < -0.3 is 5.11 Å². The van der Waals surface area contributed by atoms with Crippen molar-refractivity contribution >= 4 is 16.0 Å². The molecule has 5 nitrogen and oxygen atoms in total. The van der Waals surface area contributed by atoms with Crippen molar-refractivity contribution in [2.24, 2.45) is 5.14 Å². The van der Waals surface area contributed by atoms with Crippen LogP contribution in [0.1, 0.15) is 0 Å². The second-order valence-corrected chi connectivity index (χ2v) is 3.29. The maximum atomic E-state index is 10.6. The van der Waals surface area contributed by atoms with Crippen molar-refractivity contribution in [2.45, 2.75) is 6.18 Å². The third-order valence-electron chi connectivity index (χ3n) is 0.243. The normalized spacial score (nSPS) is 11.4. The fourth-order valence-corrected chi connectivity index (χ4v) is 0. The number of hydrogen-bond acceptors (Lipinski definition) is 3. The van der Waals surface area contributed by atoms with Gasteiger partial charge in [0, 0.05) is 0 Å². The van der Waals surface area contributed by atoms with E-state index in [0.717, 1.165) is 6.26 Å². The van der Waals surface area contributed by atoms with Gasteiger partial charge in [-0.25, -0.2) is 18.4 Å². The number of sulfonamides is 1. The molecule has 9 heteroatoms. The van der Waals surface area contributed by atoms with E-state index in [2.05, 4.69) is 5.14 Å². The van der Waals surface area contributed by atoms with E-state index in [-0.39, 0.29) is 0 Å². The fraction of sp³-hybridized carbons (Fsp3) is 0.667. The summed E-state index contributed by atoms with van der Waals surface area (Å²) in [6.07, 6.45) is -4.15. The summed E-state index contributed by atoms with van der Waals surface area (Å²) >= 11 is 0. The van der Waals surface area contributed by atoms with Crippen LogP contribution < -0.4 is 5.14 Å². The molecule has 0 aromatic rings. The van der Waals surface area contributed by atoms with Crippen LogP contribution in [0.3, 0.4) is 0 Å². The molecule has 0 aromatic carbocycles. The summed E-state index contributed by atoms with van der Waals surface area (Å²) in [7, 11) is -3.17. The molecule has 0 radical (unpaired) electrons. The van der Waals surface area contributed by atoms with Crippen molar-refractivity contribution in [1.82, 2.24) is 0 Å². The zero-order chi connectivity index (χ0) is 10.6. The number of halogens is 3. The molecule has 0 aliphatic carbocycles. The Morgan fingerprint density at radius 3 is 1.50 bits per heavy atom.